The van der Waals surface area contributed by atoms with Crippen LogP contribution in [0.4, 0.5) is 14.5 Å². The molecule has 2 heterocycles. The molecule has 0 fully saturated rings. The van der Waals surface area contributed by atoms with Gasteiger partial charge in [0.05, 0.1) is 24.5 Å². The lowest BCUT2D eigenvalue weighted by atomic mass is 10.1. The zero-order valence-electron chi connectivity index (χ0n) is 15.8. The molecule has 6 nitrogen and oxygen atoms in total. The second kappa shape index (κ2) is 8.20. The summed E-state index contributed by atoms with van der Waals surface area (Å²) in [5, 5.41) is 3.35. The number of carbonyl (C=O) groups excluding carboxylic acids is 1. The molecule has 0 radical (unpaired) electrons. The number of benzene rings is 2. The Morgan fingerprint density at radius 3 is 2.63 bits per heavy atom. The van der Waals surface area contributed by atoms with Crippen LogP contribution in [0.15, 0.2) is 71.3 Å². The number of halogens is 2. The summed E-state index contributed by atoms with van der Waals surface area (Å²) in [4.78, 5) is 17.6. The molecule has 0 unspecified atom stereocenters. The molecule has 0 aliphatic carbocycles. The summed E-state index contributed by atoms with van der Waals surface area (Å²) in [6, 6.07) is 16.5. The van der Waals surface area contributed by atoms with E-state index in [1.165, 1.54) is 31.6 Å². The first kappa shape index (κ1) is 19.4. The maximum Gasteiger partial charge on any atom is 0.387 e. The molecular weight excluding hydrogens is 394 g/mol. The number of furan rings is 1. The van der Waals surface area contributed by atoms with Gasteiger partial charge in [-0.3, -0.25) is 4.79 Å². The highest BCUT2D eigenvalue weighted by molar-refractivity contribution is 6.13. The van der Waals surface area contributed by atoms with Gasteiger partial charge in [-0.25, -0.2) is 4.98 Å². The number of nitrogens with one attached hydrogen (secondary N) is 1. The van der Waals surface area contributed by atoms with Gasteiger partial charge in [0.25, 0.3) is 5.91 Å². The van der Waals surface area contributed by atoms with Gasteiger partial charge in [0.15, 0.2) is 17.3 Å². The topological polar surface area (TPSA) is 73.6 Å². The van der Waals surface area contributed by atoms with Gasteiger partial charge in [0.1, 0.15) is 5.69 Å². The predicted octanol–water partition coefficient (Wildman–Crippen LogP) is 5.36. The number of carbonyl (C=O) groups is 1. The van der Waals surface area contributed by atoms with Crippen molar-refractivity contribution in [1.29, 1.82) is 0 Å². The molecule has 0 bridgehead atoms. The van der Waals surface area contributed by atoms with E-state index in [4.69, 9.17) is 9.15 Å². The number of anilines is 1. The Hall–Kier alpha value is -3.94. The number of fused-ring (bicyclic) bond motifs is 1. The van der Waals surface area contributed by atoms with Crippen LogP contribution in [-0.4, -0.2) is 24.6 Å². The number of nitrogens with zero attached hydrogens (tertiary/aromatic N) is 1. The van der Waals surface area contributed by atoms with Gasteiger partial charge in [-0.1, -0.05) is 18.2 Å². The molecule has 0 saturated heterocycles. The first-order chi connectivity index (χ1) is 14.5. The van der Waals surface area contributed by atoms with Crippen molar-refractivity contribution < 1.29 is 27.5 Å². The monoisotopic (exact) mass is 410 g/mol. The van der Waals surface area contributed by atoms with E-state index in [9.17, 15) is 13.6 Å². The number of hydrogen-bond donors (Lipinski definition) is 1. The molecular formula is C22H16F2N2O4. The average Bonchev–Trinajstić information content (AvgIpc) is 3.27. The third-order valence-corrected chi connectivity index (χ3v) is 4.37. The molecule has 30 heavy (non-hydrogen) atoms. The van der Waals surface area contributed by atoms with Gasteiger partial charge < -0.3 is 19.2 Å². The van der Waals surface area contributed by atoms with E-state index in [1.54, 1.807) is 36.4 Å². The first-order valence-electron chi connectivity index (χ1n) is 8.93. The molecule has 1 N–H and O–H groups in total. The lowest BCUT2D eigenvalue weighted by Gasteiger charge is -2.13. The van der Waals surface area contributed by atoms with E-state index >= 15 is 0 Å². The second-order valence-corrected chi connectivity index (χ2v) is 6.25. The number of aromatic nitrogens is 1. The third kappa shape index (κ3) is 3.93. The van der Waals surface area contributed by atoms with Crippen molar-refractivity contribution in [2.75, 3.05) is 12.4 Å². The largest absolute Gasteiger partial charge is 0.493 e. The van der Waals surface area contributed by atoms with Gasteiger partial charge in [0.2, 0.25) is 0 Å². The lowest BCUT2D eigenvalue weighted by Crippen LogP contribution is -2.13. The van der Waals surface area contributed by atoms with Gasteiger partial charge in [-0.15, -0.1) is 0 Å². The summed E-state index contributed by atoms with van der Waals surface area (Å²) in [6.07, 6.45) is 1.52. The Kier molecular flexibility index (Phi) is 5.30. The minimum atomic E-state index is -3.02. The van der Waals surface area contributed by atoms with Crippen molar-refractivity contribution in [3.05, 3.63) is 72.5 Å². The van der Waals surface area contributed by atoms with Gasteiger partial charge >= 0.3 is 6.61 Å². The summed E-state index contributed by atoms with van der Waals surface area (Å²) in [6.45, 7) is -3.02. The van der Waals surface area contributed by atoms with Crippen LogP contribution in [0, 0.1) is 0 Å². The number of methoxy groups -OCH3 is 1. The molecule has 0 aliphatic heterocycles. The Balaban J connectivity index is 1.71. The Labute approximate surface area is 170 Å². The van der Waals surface area contributed by atoms with E-state index < -0.39 is 12.5 Å². The number of alkyl halides is 2. The molecule has 1 amide bonds. The van der Waals surface area contributed by atoms with E-state index in [-0.39, 0.29) is 17.2 Å². The molecule has 0 spiro atoms. The molecule has 8 heteroatoms. The zero-order valence-corrected chi connectivity index (χ0v) is 15.8. The highest BCUT2D eigenvalue weighted by Crippen LogP contribution is 2.32. The Morgan fingerprint density at radius 1 is 1.07 bits per heavy atom. The number of amides is 1. The number of para-hydroxylation sites is 1. The minimum Gasteiger partial charge on any atom is -0.493 e. The summed E-state index contributed by atoms with van der Waals surface area (Å²) in [5.74, 6) is 0.0327. The number of rotatable bonds is 6. The van der Waals surface area contributed by atoms with Crippen molar-refractivity contribution in [2.24, 2.45) is 0 Å². The second-order valence-electron chi connectivity index (χ2n) is 6.25. The van der Waals surface area contributed by atoms with Crippen LogP contribution in [-0.2, 0) is 0 Å². The molecule has 2 aromatic carbocycles. The maximum absolute atomic E-state index is 13.0. The Morgan fingerprint density at radius 2 is 1.90 bits per heavy atom. The summed E-state index contributed by atoms with van der Waals surface area (Å²) >= 11 is 0. The van der Waals surface area contributed by atoms with Crippen molar-refractivity contribution >= 4 is 22.5 Å². The molecule has 0 atom stereocenters. The predicted molar refractivity (Wildman–Crippen MR) is 107 cm³/mol. The molecule has 2 aromatic heterocycles. The van der Waals surface area contributed by atoms with Crippen LogP contribution in [0.2, 0.25) is 0 Å². The summed E-state index contributed by atoms with van der Waals surface area (Å²) in [5.41, 5.74) is 1.75. The van der Waals surface area contributed by atoms with Crippen LogP contribution in [0.5, 0.6) is 11.5 Å². The lowest BCUT2D eigenvalue weighted by molar-refractivity contribution is -0.0511. The molecule has 0 saturated carbocycles. The summed E-state index contributed by atoms with van der Waals surface area (Å²) in [7, 11) is 1.34. The standard InChI is InChI=1S/C22H16F2N2O4/c1-28-19-9-8-13(11-20(19)30-22(23)24)25-21(27)15-12-17(18-7-4-10-29-18)26-16-6-3-2-5-14(15)16/h2-12,22H,1H3,(H,25,27). The molecule has 4 rings (SSSR count). The number of pyridine rings is 1. The van der Waals surface area contributed by atoms with Crippen LogP contribution in [0.3, 0.4) is 0 Å². The zero-order chi connectivity index (χ0) is 21.1. The first-order valence-corrected chi connectivity index (χ1v) is 8.93. The highest BCUT2D eigenvalue weighted by atomic mass is 19.3. The van der Waals surface area contributed by atoms with Crippen molar-refractivity contribution in [2.45, 2.75) is 6.61 Å². The SMILES string of the molecule is COc1ccc(NC(=O)c2cc(-c3ccco3)nc3ccccc23)cc1OC(F)F. The fourth-order valence-corrected chi connectivity index (χ4v) is 3.05. The van der Waals surface area contributed by atoms with Crippen LogP contribution < -0.4 is 14.8 Å². The van der Waals surface area contributed by atoms with Gasteiger partial charge in [-0.2, -0.15) is 8.78 Å². The van der Waals surface area contributed by atoms with E-state index in [0.29, 0.717) is 27.9 Å². The summed E-state index contributed by atoms with van der Waals surface area (Å²) < 4.78 is 40.2. The fourth-order valence-electron chi connectivity index (χ4n) is 3.05. The minimum absolute atomic E-state index is 0.128. The smallest absolute Gasteiger partial charge is 0.387 e. The van der Waals surface area contributed by atoms with Crippen molar-refractivity contribution in [3.8, 4) is 23.0 Å². The highest BCUT2D eigenvalue weighted by Gasteiger charge is 2.17. The van der Waals surface area contributed by atoms with Gasteiger partial charge in [-0.05, 0) is 36.4 Å². The van der Waals surface area contributed by atoms with Crippen LogP contribution >= 0.6 is 0 Å². The van der Waals surface area contributed by atoms with E-state index in [0.717, 1.165) is 0 Å². The molecule has 152 valence electrons. The Bertz CT molecular complexity index is 1190. The average molecular weight is 410 g/mol. The van der Waals surface area contributed by atoms with Crippen LogP contribution in [0.1, 0.15) is 10.4 Å². The quantitative estimate of drug-likeness (QED) is 0.463. The molecule has 0 aliphatic rings. The number of hydrogen-bond acceptors (Lipinski definition) is 5. The van der Waals surface area contributed by atoms with Gasteiger partial charge in [0, 0.05) is 17.1 Å². The van der Waals surface area contributed by atoms with Crippen LogP contribution in [0.25, 0.3) is 22.4 Å². The normalized spacial score (nSPS) is 10.9. The van der Waals surface area contributed by atoms with E-state index in [1.807, 2.05) is 6.07 Å². The van der Waals surface area contributed by atoms with Crippen molar-refractivity contribution in [1.82, 2.24) is 4.98 Å². The fraction of sp³-hybridized carbons (Fsp3) is 0.0909. The number of ether oxygens (including phenoxy) is 2. The molecule has 4 aromatic rings. The van der Waals surface area contributed by atoms with Crippen molar-refractivity contribution in [3.63, 3.8) is 0 Å². The maximum atomic E-state index is 13.0. The third-order valence-electron chi connectivity index (χ3n) is 4.37. The van der Waals surface area contributed by atoms with E-state index in [2.05, 4.69) is 15.0 Å².